The van der Waals surface area contributed by atoms with Crippen molar-refractivity contribution in [2.45, 2.75) is 6.92 Å². The van der Waals surface area contributed by atoms with Crippen molar-refractivity contribution >= 4 is 46.8 Å². The zero-order valence-corrected chi connectivity index (χ0v) is 15.2. The van der Waals surface area contributed by atoms with Crippen LogP contribution in [0.5, 0.6) is 0 Å². The van der Waals surface area contributed by atoms with E-state index < -0.39 is 0 Å². The number of aryl methyl sites for hydroxylation is 1. The largest absolute Gasteiger partial charge is 0.335 e. The Balaban J connectivity index is 1.84. The van der Waals surface area contributed by atoms with Crippen molar-refractivity contribution in [1.82, 2.24) is 9.66 Å². The topological polar surface area (TPSA) is 44.8 Å². The van der Waals surface area contributed by atoms with Crippen LogP contribution < -0.4 is 10.7 Å². The molecule has 0 atom stereocenters. The van der Waals surface area contributed by atoms with E-state index in [1.165, 1.54) is 0 Å². The Morgan fingerprint density at radius 1 is 1.12 bits per heavy atom. The van der Waals surface area contributed by atoms with Gasteiger partial charge in [0.15, 0.2) is 9.88 Å². The van der Waals surface area contributed by atoms with Gasteiger partial charge in [0.25, 0.3) is 0 Å². The molecule has 3 rings (SSSR count). The molecule has 0 aliphatic heterocycles. The third-order valence-corrected chi connectivity index (χ3v) is 4.27. The fraction of sp³-hybridized carbons (Fsp3) is 0.0588. The van der Waals surface area contributed by atoms with E-state index in [0.717, 1.165) is 22.5 Å². The summed E-state index contributed by atoms with van der Waals surface area (Å²) in [5.74, 6) is 0. The van der Waals surface area contributed by atoms with Crippen molar-refractivity contribution in [3.05, 3.63) is 70.1 Å². The summed E-state index contributed by atoms with van der Waals surface area (Å²) in [4.78, 5) is 3.03. The number of aromatic amines is 1. The number of imidazole rings is 1. The van der Waals surface area contributed by atoms with Gasteiger partial charge in [0, 0.05) is 22.5 Å². The molecule has 1 aromatic heterocycles. The van der Waals surface area contributed by atoms with Crippen molar-refractivity contribution < 1.29 is 0 Å². The molecule has 3 N–H and O–H groups in total. The maximum Gasteiger partial charge on any atom is 0.196 e. The van der Waals surface area contributed by atoms with Crippen molar-refractivity contribution in [3.8, 4) is 11.3 Å². The predicted molar refractivity (Wildman–Crippen MR) is 107 cm³/mol. The molecule has 0 radical (unpaired) electrons. The van der Waals surface area contributed by atoms with Gasteiger partial charge in [0.05, 0.1) is 5.69 Å². The fourth-order valence-electron chi connectivity index (χ4n) is 2.28. The molecule has 0 saturated heterocycles. The summed E-state index contributed by atoms with van der Waals surface area (Å²) in [5, 5.41) is 4.32. The van der Waals surface area contributed by atoms with Gasteiger partial charge in [-0.15, -0.1) is 0 Å². The van der Waals surface area contributed by atoms with Crippen LogP contribution in [-0.2, 0) is 0 Å². The molecule has 0 unspecified atom stereocenters. The van der Waals surface area contributed by atoms with Crippen molar-refractivity contribution in [3.63, 3.8) is 0 Å². The molecule has 2 aromatic carbocycles. The third kappa shape index (κ3) is 3.67. The maximum atomic E-state index is 5.95. The normalized spacial score (nSPS) is 10.4. The summed E-state index contributed by atoms with van der Waals surface area (Å²) in [6.07, 6.45) is 1.83. The van der Waals surface area contributed by atoms with E-state index >= 15 is 0 Å². The van der Waals surface area contributed by atoms with Crippen molar-refractivity contribution in [1.29, 1.82) is 0 Å². The fourth-order valence-corrected chi connectivity index (χ4v) is 2.81. The SMILES string of the molecule is Cc1ccccc1NC(=S)Nn1c(-c2ccc(Cl)cc2)c[nH]c1=S. The summed E-state index contributed by atoms with van der Waals surface area (Å²) in [5.41, 5.74) is 7.01. The van der Waals surface area contributed by atoms with Crippen LogP contribution >= 0.6 is 36.0 Å². The lowest BCUT2D eigenvalue weighted by Crippen LogP contribution is -2.28. The first-order valence-electron chi connectivity index (χ1n) is 7.24. The molecule has 4 nitrogen and oxygen atoms in total. The Hall–Kier alpha value is -2.15. The van der Waals surface area contributed by atoms with Crippen LogP contribution in [0, 0.1) is 11.7 Å². The van der Waals surface area contributed by atoms with Gasteiger partial charge >= 0.3 is 0 Å². The molecule has 0 fully saturated rings. The number of hydrogen-bond acceptors (Lipinski definition) is 2. The van der Waals surface area contributed by atoms with E-state index in [9.17, 15) is 0 Å². The molecule has 0 bridgehead atoms. The number of nitrogens with one attached hydrogen (secondary N) is 3. The molecule has 0 saturated carbocycles. The number of rotatable bonds is 3. The van der Waals surface area contributed by atoms with Crippen LogP contribution in [0.2, 0.25) is 5.02 Å². The second-order valence-corrected chi connectivity index (χ2v) is 6.43. The Morgan fingerprint density at radius 2 is 1.83 bits per heavy atom. The van der Waals surface area contributed by atoms with Crippen LogP contribution in [0.3, 0.4) is 0 Å². The van der Waals surface area contributed by atoms with Gasteiger partial charge in [0.2, 0.25) is 0 Å². The predicted octanol–water partition coefficient (Wildman–Crippen LogP) is 5.12. The summed E-state index contributed by atoms with van der Waals surface area (Å²) in [6.45, 7) is 2.02. The zero-order chi connectivity index (χ0) is 17.1. The second kappa shape index (κ2) is 7.17. The Kier molecular flexibility index (Phi) is 4.99. The highest BCUT2D eigenvalue weighted by Crippen LogP contribution is 2.21. The van der Waals surface area contributed by atoms with Gasteiger partial charge in [-0.3, -0.25) is 5.43 Å². The molecule has 0 aliphatic rings. The highest BCUT2D eigenvalue weighted by atomic mass is 35.5. The standard InChI is InChI=1S/C17H15ClN4S2/c1-11-4-2-3-5-14(11)20-16(23)21-22-15(10-19-17(22)24)12-6-8-13(18)9-7-12/h2-10H,1H3,(H,19,24)(H2,20,21,23). The second-order valence-electron chi connectivity index (χ2n) is 5.20. The average Bonchev–Trinajstić information content (AvgIpc) is 2.91. The number of H-pyrrole nitrogens is 1. The van der Waals surface area contributed by atoms with Gasteiger partial charge in [-0.1, -0.05) is 41.9 Å². The lowest BCUT2D eigenvalue weighted by atomic mass is 10.2. The molecule has 3 aromatic rings. The number of thiocarbonyl (C=S) groups is 1. The summed E-state index contributed by atoms with van der Waals surface area (Å²) in [7, 11) is 0. The van der Waals surface area contributed by atoms with E-state index in [2.05, 4.69) is 15.7 Å². The molecule has 0 amide bonds. The molecule has 0 spiro atoms. The van der Waals surface area contributed by atoms with Crippen LogP contribution in [0.1, 0.15) is 5.56 Å². The van der Waals surface area contributed by atoms with Crippen molar-refractivity contribution in [2.24, 2.45) is 0 Å². The number of aromatic nitrogens is 2. The first-order valence-corrected chi connectivity index (χ1v) is 8.44. The molecule has 24 heavy (non-hydrogen) atoms. The monoisotopic (exact) mass is 374 g/mol. The number of hydrogen-bond donors (Lipinski definition) is 3. The van der Waals surface area contributed by atoms with Gasteiger partial charge < -0.3 is 10.3 Å². The van der Waals surface area contributed by atoms with E-state index in [4.69, 9.17) is 36.0 Å². The quantitative estimate of drug-likeness (QED) is 0.557. The van der Waals surface area contributed by atoms with Gasteiger partial charge in [0.1, 0.15) is 0 Å². The molecule has 1 heterocycles. The van der Waals surface area contributed by atoms with Gasteiger partial charge in [-0.25, -0.2) is 4.68 Å². The number of anilines is 1. The van der Waals surface area contributed by atoms with Crippen LogP contribution in [0.25, 0.3) is 11.3 Å². The van der Waals surface area contributed by atoms with E-state index in [-0.39, 0.29) is 0 Å². The number of para-hydroxylation sites is 1. The third-order valence-electron chi connectivity index (χ3n) is 3.52. The van der Waals surface area contributed by atoms with Crippen molar-refractivity contribution in [2.75, 3.05) is 10.7 Å². The maximum absolute atomic E-state index is 5.95. The molecule has 7 heteroatoms. The molecular weight excluding hydrogens is 360 g/mol. The van der Waals surface area contributed by atoms with Gasteiger partial charge in [-0.2, -0.15) is 0 Å². The number of nitrogens with zero attached hydrogens (tertiary/aromatic N) is 1. The molecule has 122 valence electrons. The van der Waals surface area contributed by atoms with Crippen LogP contribution in [-0.4, -0.2) is 14.8 Å². The Bertz CT molecular complexity index is 928. The number of halogens is 1. The summed E-state index contributed by atoms with van der Waals surface area (Å²) >= 11 is 16.7. The Morgan fingerprint density at radius 3 is 2.54 bits per heavy atom. The van der Waals surface area contributed by atoms with Crippen LogP contribution in [0.4, 0.5) is 5.69 Å². The van der Waals surface area contributed by atoms with Crippen LogP contribution in [0.15, 0.2) is 54.7 Å². The summed E-state index contributed by atoms with van der Waals surface area (Å²) in [6, 6.07) is 15.5. The Labute approximate surface area is 155 Å². The van der Waals surface area contributed by atoms with E-state index in [0.29, 0.717) is 14.9 Å². The molecule has 0 aliphatic carbocycles. The first-order chi connectivity index (χ1) is 11.5. The summed E-state index contributed by atoms with van der Waals surface area (Å²) < 4.78 is 2.25. The first kappa shape index (κ1) is 16.7. The zero-order valence-electron chi connectivity index (χ0n) is 12.8. The lowest BCUT2D eigenvalue weighted by molar-refractivity contribution is 0.962. The van der Waals surface area contributed by atoms with E-state index in [1.54, 1.807) is 4.68 Å². The number of benzene rings is 2. The smallest absolute Gasteiger partial charge is 0.196 e. The molecular formula is C17H15ClN4S2. The average molecular weight is 375 g/mol. The minimum atomic E-state index is 0.454. The highest BCUT2D eigenvalue weighted by Gasteiger charge is 2.09. The highest BCUT2D eigenvalue weighted by molar-refractivity contribution is 7.80. The lowest BCUT2D eigenvalue weighted by Gasteiger charge is -2.15. The van der Waals surface area contributed by atoms with E-state index in [1.807, 2.05) is 61.7 Å². The minimum Gasteiger partial charge on any atom is -0.335 e. The van der Waals surface area contributed by atoms with Gasteiger partial charge in [-0.05, 0) is 55.1 Å². The minimum absolute atomic E-state index is 0.454.